The van der Waals surface area contributed by atoms with Crippen LogP contribution < -0.4 is 10.6 Å². The van der Waals surface area contributed by atoms with E-state index in [1.54, 1.807) is 0 Å². The van der Waals surface area contributed by atoms with E-state index < -0.39 is 0 Å². The maximum atomic E-state index is 12.4. The van der Waals surface area contributed by atoms with Crippen molar-refractivity contribution in [1.29, 1.82) is 0 Å². The predicted molar refractivity (Wildman–Crippen MR) is 96.5 cm³/mol. The van der Waals surface area contributed by atoms with E-state index in [-0.39, 0.29) is 18.0 Å². The average molecular weight is 315 g/mol. The summed E-state index contributed by atoms with van der Waals surface area (Å²) in [6, 6.07) is 8.26. The Kier molecular flexibility index (Phi) is 6.22. The summed E-state index contributed by atoms with van der Waals surface area (Å²) in [7, 11) is 1.86. The summed E-state index contributed by atoms with van der Waals surface area (Å²) in [6.45, 7) is 6.41. The van der Waals surface area contributed by atoms with E-state index in [0.717, 1.165) is 24.8 Å². The Balaban J connectivity index is 1.95. The average Bonchev–Trinajstić information content (AvgIpc) is 2.95. The summed E-state index contributed by atoms with van der Waals surface area (Å²) < 4.78 is 0. The molecule has 0 aliphatic rings. The summed E-state index contributed by atoms with van der Waals surface area (Å²) in [5, 5.41) is 7.53. The fraction of sp³-hybridized carbons (Fsp3) is 0.526. The van der Waals surface area contributed by atoms with Gasteiger partial charge in [0.1, 0.15) is 0 Å². The summed E-state index contributed by atoms with van der Waals surface area (Å²) in [5.41, 5.74) is 2.39. The number of fused-ring (bicyclic) bond motifs is 1. The van der Waals surface area contributed by atoms with Crippen LogP contribution in [-0.2, 0) is 11.2 Å². The fourth-order valence-electron chi connectivity index (χ4n) is 2.95. The van der Waals surface area contributed by atoms with Crippen molar-refractivity contribution in [3.8, 4) is 0 Å². The normalized spacial score (nSPS) is 15.3. The lowest BCUT2D eigenvalue weighted by Crippen LogP contribution is -2.47. The van der Waals surface area contributed by atoms with Crippen molar-refractivity contribution in [3.63, 3.8) is 0 Å². The number of amides is 1. The monoisotopic (exact) mass is 315 g/mol. The van der Waals surface area contributed by atoms with Gasteiger partial charge in [0.15, 0.2) is 0 Å². The van der Waals surface area contributed by atoms with Gasteiger partial charge >= 0.3 is 0 Å². The van der Waals surface area contributed by atoms with E-state index >= 15 is 0 Å². The molecule has 1 unspecified atom stereocenters. The summed E-state index contributed by atoms with van der Waals surface area (Å²) in [6.07, 6.45) is 4.84. The molecule has 1 aromatic carbocycles. The number of H-pyrrole nitrogens is 1. The van der Waals surface area contributed by atoms with E-state index in [9.17, 15) is 4.79 Å². The molecule has 0 fully saturated rings. The number of carbonyl (C=O) groups is 1. The first-order chi connectivity index (χ1) is 11.0. The molecule has 0 spiro atoms. The predicted octanol–water partition coefficient (Wildman–Crippen LogP) is 3.24. The number of aromatic nitrogens is 1. The Morgan fingerprint density at radius 1 is 1.26 bits per heavy atom. The zero-order valence-corrected chi connectivity index (χ0v) is 14.6. The third-order valence-electron chi connectivity index (χ3n) is 4.59. The molecule has 1 amide bonds. The van der Waals surface area contributed by atoms with Crippen LogP contribution in [0.1, 0.15) is 39.2 Å². The lowest BCUT2D eigenvalue weighted by molar-refractivity contribution is -0.124. The SMILES string of the molecule is CC[C@H](C)C[C@H](NC)C(=O)NC(C)Cc1c[nH]c2ccccc12. The molecule has 126 valence electrons. The van der Waals surface area contributed by atoms with E-state index in [0.29, 0.717) is 5.92 Å². The second-order valence-corrected chi connectivity index (χ2v) is 6.56. The molecule has 0 bridgehead atoms. The Bertz CT molecular complexity index is 634. The van der Waals surface area contributed by atoms with Gasteiger partial charge in [0, 0.05) is 23.1 Å². The summed E-state index contributed by atoms with van der Waals surface area (Å²) in [4.78, 5) is 15.7. The minimum Gasteiger partial charge on any atom is -0.361 e. The van der Waals surface area contributed by atoms with Gasteiger partial charge in [-0.05, 0) is 44.4 Å². The smallest absolute Gasteiger partial charge is 0.237 e. The molecule has 1 heterocycles. The van der Waals surface area contributed by atoms with Gasteiger partial charge in [-0.3, -0.25) is 4.79 Å². The van der Waals surface area contributed by atoms with Crippen LogP contribution in [0.15, 0.2) is 30.5 Å². The molecule has 0 saturated heterocycles. The molecule has 2 aromatic rings. The number of likely N-dealkylation sites (N-methyl/N-ethyl adjacent to an activating group) is 1. The van der Waals surface area contributed by atoms with Gasteiger partial charge in [0.05, 0.1) is 6.04 Å². The topological polar surface area (TPSA) is 56.9 Å². The van der Waals surface area contributed by atoms with Crippen LogP contribution in [0.5, 0.6) is 0 Å². The third-order valence-corrected chi connectivity index (χ3v) is 4.59. The molecule has 0 aliphatic heterocycles. The van der Waals surface area contributed by atoms with Crippen LogP contribution in [-0.4, -0.2) is 30.0 Å². The third kappa shape index (κ3) is 4.58. The van der Waals surface area contributed by atoms with Gasteiger partial charge in [-0.2, -0.15) is 0 Å². The van der Waals surface area contributed by atoms with Crippen molar-refractivity contribution in [1.82, 2.24) is 15.6 Å². The van der Waals surface area contributed by atoms with Gasteiger partial charge in [0.2, 0.25) is 5.91 Å². The Labute approximate surface area is 139 Å². The molecule has 23 heavy (non-hydrogen) atoms. The maximum Gasteiger partial charge on any atom is 0.237 e. The highest BCUT2D eigenvalue weighted by atomic mass is 16.2. The van der Waals surface area contributed by atoms with E-state index in [1.165, 1.54) is 10.9 Å². The number of hydrogen-bond donors (Lipinski definition) is 3. The molecule has 0 saturated carbocycles. The number of carbonyl (C=O) groups excluding carboxylic acids is 1. The van der Waals surface area contributed by atoms with Crippen molar-refractivity contribution in [3.05, 3.63) is 36.0 Å². The van der Waals surface area contributed by atoms with Crippen LogP contribution in [0.2, 0.25) is 0 Å². The number of aromatic amines is 1. The minimum atomic E-state index is -0.115. The van der Waals surface area contributed by atoms with E-state index in [4.69, 9.17) is 0 Å². The Morgan fingerprint density at radius 3 is 2.70 bits per heavy atom. The van der Waals surface area contributed by atoms with E-state index in [2.05, 4.69) is 48.5 Å². The van der Waals surface area contributed by atoms with Crippen molar-refractivity contribution >= 4 is 16.8 Å². The minimum absolute atomic E-state index is 0.0974. The number of benzene rings is 1. The van der Waals surface area contributed by atoms with Gasteiger partial charge in [-0.1, -0.05) is 38.5 Å². The molecular weight excluding hydrogens is 286 g/mol. The van der Waals surface area contributed by atoms with Crippen LogP contribution in [0.3, 0.4) is 0 Å². The number of para-hydroxylation sites is 1. The quantitative estimate of drug-likeness (QED) is 0.700. The van der Waals surface area contributed by atoms with E-state index in [1.807, 2.05) is 25.4 Å². The van der Waals surface area contributed by atoms with Crippen molar-refractivity contribution in [2.75, 3.05) is 7.05 Å². The van der Waals surface area contributed by atoms with Crippen molar-refractivity contribution < 1.29 is 4.79 Å². The molecule has 4 nitrogen and oxygen atoms in total. The highest BCUT2D eigenvalue weighted by Gasteiger charge is 2.20. The number of nitrogens with one attached hydrogen (secondary N) is 3. The van der Waals surface area contributed by atoms with Crippen LogP contribution in [0, 0.1) is 5.92 Å². The second kappa shape index (κ2) is 8.16. The highest BCUT2D eigenvalue weighted by molar-refractivity contribution is 5.84. The molecule has 0 radical (unpaired) electrons. The van der Waals surface area contributed by atoms with Crippen LogP contribution in [0.25, 0.3) is 10.9 Å². The van der Waals surface area contributed by atoms with Gasteiger partial charge in [0.25, 0.3) is 0 Å². The first kappa shape index (κ1) is 17.5. The summed E-state index contributed by atoms with van der Waals surface area (Å²) >= 11 is 0. The zero-order chi connectivity index (χ0) is 16.8. The van der Waals surface area contributed by atoms with Gasteiger partial charge in [-0.15, -0.1) is 0 Å². The largest absolute Gasteiger partial charge is 0.361 e. The first-order valence-electron chi connectivity index (χ1n) is 8.57. The molecule has 0 aliphatic carbocycles. The van der Waals surface area contributed by atoms with Crippen molar-refractivity contribution in [2.24, 2.45) is 5.92 Å². The van der Waals surface area contributed by atoms with Gasteiger partial charge in [-0.25, -0.2) is 0 Å². The number of rotatable bonds is 8. The van der Waals surface area contributed by atoms with Crippen molar-refractivity contribution in [2.45, 2.75) is 52.1 Å². The lowest BCUT2D eigenvalue weighted by atomic mass is 9.98. The number of hydrogen-bond acceptors (Lipinski definition) is 2. The summed E-state index contributed by atoms with van der Waals surface area (Å²) in [5.74, 6) is 0.641. The highest BCUT2D eigenvalue weighted by Crippen LogP contribution is 2.19. The molecule has 1 aromatic heterocycles. The molecule has 3 N–H and O–H groups in total. The standard InChI is InChI=1S/C19H29N3O/c1-5-13(2)10-18(20-4)19(23)22-14(3)11-15-12-21-17-9-7-6-8-16(15)17/h6-9,12-14,18,20-21H,5,10-11H2,1-4H3,(H,22,23)/t13-,14?,18-/m0/s1. The molecule has 4 heteroatoms. The van der Waals surface area contributed by atoms with Crippen LogP contribution in [0.4, 0.5) is 0 Å². The second-order valence-electron chi connectivity index (χ2n) is 6.56. The molecule has 3 atom stereocenters. The maximum absolute atomic E-state index is 12.4. The fourth-order valence-corrected chi connectivity index (χ4v) is 2.95. The van der Waals surface area contributed by atoms with Gasteiger partial charge < -0.3 is 15.6 Å². The Hall–Kier alpha value is -1.81. The lowest BCUT2D eigenvalue weighted by Gasteiger charge is -2.22. The van der Waals surface area contributed by atoms with Crippen LogP contribution >= 0.6 is 0 Å². The zero-order valence-electron chi connectivity index (χ0n) is 14.6. The Morgan fingerprint density at radius 2 is 2.00 bits per heavy atom. The molecule has 2 rings (SSSR count). The first-order valence-corrected chi connectivity index (χ1v) is 8.57. The molecular formula is C19H29N3O.